The lowest BCUT2D eigenvalue weighted by atomic mass is 10.1. The molecule has 0 aliphatic heterocycles. The molecule has 0 unspecified atom stereocenters. The number of hydrogen-bond donors (Lipinski definition) is 0. The molecule has 1 aromatic carbocycles. The van der Waals surface area contributed by atoms with Crippen LogP contribution < -0.4 is 4.74 Å². The van der Waals surface area contributed by atoms with Crippen LogP contribution in [0.2, 0.25) is 0 Å². The molecule has 2 heteroatoms. The summed E-state index contributed by atoms with van der Waals surface area (Å²) in [5, 5.41) is 0. The van der Waals surface area contributed by atoms with Crippen molar-refractivity contribution in [2.24, 2.45) is 0 Å². The third kappa shape index (κ3) is 6.46. The number of rotatable bonds is 8. The highest BCUT2D eigenvalue weighted by atomic mass is 16.5. The van der Waals surface area contributed by atoms with Crippen LogP contribution in [0.4, 0.5) is 0 Å². The number of aryl methyl sites for hydroxylation is 1. The molecule has 0 spiro atoms. The zero-order valence-corrected chi connectivity index (χ0v) is 14.8. The third-order valence-electron chi connectivity index (χ3n) is 3.86. The molecule has 1 heterocycles. The first kappa shape index (κ1) is 18.1. The normalized spacial score (nSPS) is 10.1. The molecule has 0 amide bonds. The molecule has 2 nitrogen and oxygen atoms in total. The minimum atomic E-state index is 0.755. The number of unbranched alkanes of at least 4 members (excludes halogenated alkanes) is 3. The van der Waals surface area contributed by atoms with Gasteiger partial charge in [-0.2, -0.15) is 0 Å². The SMILES string of the molecule is CCCCCOc1ccc(C#Cc2ccc(CCCC)cc2)nc1. The van der Waals surface area contributed by atoms with Gasteiger partial charge in [0.05, 0.1) is 12.8 Å². The van der Waals surface area contributed by atoms with Crippen molar-refractivity contribution in [3.63, 3.8) is 0 Å². The second-order valence-electron chi connectivity index (χ2n) is 5.99. The van der Waals surface area contributed by atoms with Crippen LogP contribution in [0.5, 0.6) is 5.75 Å². The van der Waals surface area contributed by atoms with Crippen molar-refractivity contribution in [2.75, 3.05) is 6.61 Å². The Morgan fingerprint density at radius 2 is 1.67 bits per heavy atom. The van der Waals surface area contributed by atoms with E-state index in [1.165, 1.54) is 31.2 Å². The van der Waals surface area contributed by atoms with Crippen molar-refractivity contribution in [3.05, 3.63) is 59.4 Å². The molecule has 0 radical (unpaired) electrons. The van der Waals surface area contributed by atoms with Gasteiger partial charge in [-0.3, -0.25) is 0 Å². The molecule has 0 saturated heterocycles. The first-order chi connectivity index (χ1) is 11.8. The summed E-state index contributed by atoms with van der Waals surface area (Å²) in [6, 6.07) is 12.4. The minimum Gasteiger partial charge on any atom is -0.492 e. The highest BCUT2D eigenvalue weighted by Gasteiger charge is 1.96. The Bertz CT molecular complexity index is 647. The fourth-order valence-corrected chi connectivity index (χ4v) is 2.35. The minimum absolute atomic E-state index is 0.755. The average molecular weight is 321 g/mol. The van der Waals surface area contributed by atoms with Crippen molar-refractivity contribution >= 4 is 0 Å². The first-order valence-corrected chi connectivity index (χ1v) is 9.01. The van der Waals surface area contributed by atoms with E-state index in [0.29, 0.717) is 0 Å². The van der Waals surface area contributed by atoms with E-state index < -0.39 is 0 Å². The fraction of sp³-hybridized carbons (Fsp3) is 0.409. The summed E-state index contributed by atoms with van der Waals surface area (Å²) in [7, 11) is 0. The second kappa shape index (κ2) is 10.5. The lowest BCUT2D eigenvalue weighted by Gasteiger charge is -2.04. The van der Waals surface area contributed by atoms with Crippen LogP contribution >= 0.6 is 0 Å². The van der Waals surface area contributed by atoms with E-state index in [4.69, 9.17) is 4.74 Å². The van der Waals surface area contributed by atoms with Crippen molar-refractivity contribution in [1.82, 2.24) is 4.98 Å². The van der Waals surface area contributed by atoms with E-state index in [1.54, 1.807) is 6.20 Å². The van der Waals surface area contributed by atoms with Gasteiger partial charge in [-0.15, -0.1) is 0 Å². The van der Waals surface area contributed by atoms with E-state index in [0.717, 1.165) is 36.5 Å². The molecule has 0 saturated carbocycles. The third-order valence-corrected chi connectivity index (χ3v) is 3.86. The fourth-order valence-electron chi connectivity index (χ4n) is 2.35. The van der Waals surface area contributed by atoms with Gasteiger partial charge in [0, 0.05) is 5.56 Å². The summed E-state index contributed by atoms with van der Waals surface area (Å²) in [5.41, 5.74) is 3.17. The zero-order valence-electron chi connectivity index (χ0n) is 14.8. The first-order valence-electron chi connectivity index (χ1n) is 9.01. The standard InChI is InChI=1S/C22H27NO/c1-3-5-7-17-24-22-16-15-21(23-18-22)14-13-20-11-9-19(10-12-20)8-6-4-2/h9-12,15-16,18H,3-8,17H2,1-2H3. The highest BCUT2D eigenvalue weighted by Crippen LogP contribution is 2.10. The maximum Gasteiger partial charge on any atom is 0.137 e. The molecule has 2 rings (SSSR count). The maximum absolute atomic E-state index is 5.66. The molecule has 2 aromatic rings. The molecule has 0 N–H and O–H groups in total. The molecule has 0 bridgehead atoms. The van der Waals surface area contributed by atoms with Gasteiger partial charge in [-0.05, 0) is 55.0 Å². The quantitative estimate of drug-likeness (QED) is 0.480. The summed E-state index contributed by atoms with van der Waals surface area (Å²) in [5.74, 6) is 7.10. The predicted molar refractivity (Wildman–Crippen MR) is 100 cm³/mol. The van der Waals surface area contributed by atoms with Gasteiger partial charge in [0.2, 0.25) is 0 Å². The van der Waals surface area contributed by atoms with Crippen LogP contribution in [-0.4, -0.2) is 11.6 Å². The van der Waals surface area contributed by atoms with Crippen LogP contribution in [-0.2, 0) is 6.42 Å². The van der Waals surface area contributed by atoms with Gasteiger partial charge < -0.3 is 4.74 Å². The number of nitrogens with zero attached hydrogens (tertiary/aromatic N) is 1. The van der Waals surface area contributed by atoms with E-state index in [9.17, 15) is 0 Å². The van der Waals surface area contributed by atoms with Gasteiger partial charge in [-0.25, -0.2) is 4.98 Å². The van der Waals surface area contributed by atoms with E-state index in [2.05, 4.69) is 54.9 Å². The average Bonchev–Trinajstić information content (AvgIpc) is 2.64. The summed E-state index contributed by atoms with van der Waals surface area (Å²) in [6.45, 7) is 5.16. The summed E-state index contributed by atoms with van der Waals surface area (Å²) in [6.07, 6.45) is 8.86. The lowest BCUT2D eigenvalue weighted by Crippen LogP contribution is -1.97. The van der Waals surface area contributed by atoms with Gasteiger partial charge >= 0.3 is 0 Å². The van der Waals surface area contributed by atoms with E-state index in [-0.39, 0.29) is 0 Å². The van der Waals surface area contributed by atoms with E-state index in [1.807, 2.05) is 12.1 Å². The number of hydrogen-bond acceptors (Lipinski definition) is 2. The lowest BCUT2D eigenvalue weighted by molar-refractivity contribution is 0.305. The van der Waals surface area contributed by atoms with Crippen molar-refractivity contribution in [1.29, 1.82) is 0 Å². The van der Waals surface area contributed by atoms with Crippen LogP contribution in [0.25, 0.3) is 0 Å². The number of pyridine rings is 1. The Balaban J connectivity index is 1.88. The number of aromatic nitrogens is 1. The molecule has 0 aliphatic carbocycles. The van der Waals surface area contributed by atoms with Crippen LogP contribution in [0.1, 0.15) is 62.8 Å². The molecule has 0 aliphatic rings. The molecule has 0 fully saturated rings. The van der Waals surface area contributed by atoms with Gasteiger partial charge in [-0.1, -0.05) is 51.2 Å². The Hall–Kier alpha value is -2.27. The summed E-state index contributed by atoms with van der Waals surface area (Å²) in [4.78, 5) is 4.35. The zero-order chi connectivity index (χ0) is 17.0. The molecule has 1 aromatic heterocycles. The summed E-state index contributed by atoms with van der Waals surface area (Å²) >= 11 is 0. The molecule has 24 heavy (non-hydrogen) atoms. The molecule has 0 atom stereocenters. The Labute approximate surface area is 146 Å². The van der Waals surface area contributed by atoms with Crippen molar-refractivity contribution in [3.8, 4) is 17.6 Å². The monoisotopic (exact) mass is 321 g/mol. The van der Waals surface area contributed by atoms with Crippen molar-refractivity contribution in [2.45, 2.75) is 52.4 Å². The Kier molecular flexibility index (Phi) is 7.90. The predicted octanol–water partition coefficient (Wildman–Crippen LogP) is 5.39. The highest BCUT2D eigenvalue weighted by molar-refractivity contribution is 5.41. The molecule has 126 valence electrons. The van der Waals surface area contributed by atoms with Crippen LogP contribution in [0.3, 0.4) is 0 Å². The largest absolute Gasteiger partial charge is 0.492 e. The smallest absolute Gasteiger partial charge is 0.137 e. The molecular formula is C22H27NO. The topological polar surface area (TPSA) is 22.1 Å². The van der Waals surface area contributed by atoms with Crippen LogP contribution in [0, 0.1) is 11.8 Å². The van der Waals surface area contributed by atoms with Gasteiger partial charge in [0.1, 0.15) is 11.4 Å². The Morgan fingerprint density at radius 1 is 0.875 bits per heavy atom. The van der Waals surface area contributed by atoms with Crippen LogP contribution in [0.15, 0.2) is 42.6 Å². The Morgan fingerprint density at radius 3 is 2.33 bits per heavy atom. The van der Waals surface area contributed by atoms with Gasteiger partial charge in [0.25, 0.3) is 0 Å². The van der Waals surface area contributed by atoms with E-state index >= 15 is 0 Å². The second-order valence-corrected chi connectivity index (χ2v) is 5.99. The maximum atomic E-state index is 5.66. The van der Waals surface area contributed by atoms with Crippen molar-refractivity contribution < 1.29 is 4.74 Å². The summed E-state index contributed by atoms with van der Waals surface area (Å²) < 4.78 is 5.66. The number of ether oxygens (including phenoxy) is 1. The van der Waals surface area contributed by atoms with Gasteiger partial charge in [0.15, 0.2) is 0 Å². The number of benzene rings is 1. The molecular weight excluding hydrogens is 294 g/mol.